The van der Waals surface area contributed by atoms with Crippen molar-refractivity contribution in [1.82, 2.24) is 9.66 Å². The minimum atomic E-state index is -1.08. The number of carbonyl (C=O) groups excluding carboxylic acids is 1. The Morgan fingerprint density at radius 1 is 1.15 bits per heavy atom. The van der Waals surface area contributed by atoms with Crippen LogP contribution in [0.1, 0.15) is 11.6 Å². The van der Waals surface area contributed by atoms with Gasteiger partial charge in [0.15, 0.2) is 5.69 Å². The lowest BCUT2D eigenvalue weighted by molar-refractivity contribution is -0.991. The van der Waals surface area contributed by atoms with Gasteiger partial charge in [0, 0.05) is 12.1 Å². The fourth-order valence-electron chi connectivity index (χ4n) is 3.06. The van der Waals surface area contributed by atoms with Gasteiger partial charge in [-0.2, -0.15) is 5.23 Å². The number of amides is 1. The number of fused-ring (bicyclic) bond motifs is 1. The Morgan fingerprint density at radius 3 is 2.69 bits per heavy atom. The summed E-state index contributed by atoms with van der Waals surface area (Å²) in [5.41, 5.74) is 0.736. The van der Waals surface area contributed by atoms with Crippen LogP contribution in [-0.4, -0.2) is 26.2 Å². The summed E-state index contributed by atoms with van der Waals surface area (Å²) < 4.78 is 1.13. The number of β-lactam (4-membered cyclic amide) rings is 1. The molecule has 1 amide bonds. The van der Waals surface area contributed by atoms with E-state index in [0.717, 1.165) is 4.68 Å². The van der Waals surface area contributed by atoms with E-state index in [4.69, 9.17) is 16.8 Å². The average molecular weight is 373 g/mol. The van der Waals surface area contributed by atoms with Gasteiger partial charge in [0.2, 0.25) is 0 Å². The minimum absolute atomic E-state index is 0.0784. The fraction of sp³-hybridized carbons (Fsp3) is 0.118. The van der Waals surface area contributed by atoms with Gasteiger partial charge in [-0.3, -0.25) is 9.59 Å². The molecule has 1 aliphatic heterocycles. The van der Waals surface area contributed by atoms with Gasteiger partial charge < -0.3 is 5.21 Å². The van der Waals surface area contributed by atoms with Crippen LogP contribution in [0.2, 0.25) is 0 Å². The maximum Gasteiger partial charge on any atom is 0.280 e. The number of quaternary nitrogens is 1. The van der Waals surface area contributed by atoms with Crippen molar-refractivity contribution in [2.45, 2.75) is 11.4 Å². The SMILES string of the molecule is O=C1C(Cl)C(c2cccc([NH+]([O-])O)c2)N1n1cnc2ccccc2c1=O. The zero-order chi connectivity index (χ0) is 18.4. The molecule has 1 fully saturated rings. The Labute approximate surface area is 152 Å². The summed E-state index contributed by atoms with van der Waals surface area (Å²) in [6.45, 7) is 0. The van der Waals surface area contributed by atoms with E-state index in [9.17, 15) is 14.8 Å². The lowest BCUT2D eigenvalue weighted by Gasteiger charge is -2.44. The van der Waals surface area contributed by atoms with Gasteiger partial charge >= 0.3 is 0 Å². The van der Waals surface area contributed by atoms with Crippen molar-refractivity contribution in [2.24, 2.45) is 0 Å². The molecule has 3 aromatic rings. The van der Waals surface area contributed by atoms with Crippen molar-refractivity contribution in [3.8, 4) is 0 Å². The highest BCUT2D eigenvalue weighted by atomic mass is 35.5. The fourth-order valence-corrected chi connectivity index (χ4v) is 3.41. The van der Waals surface area contributed by atoms with Crippen LogP contribution in [0.15, 0.2) is 59.7 Å². The molecule has 0 aliphatic carbocycles. The second-order valence-corrected chi connectivity index (χ2v) is 6.34. The van der Waals surface area contributed by atoms with Gasteiger partial charge in [-0.1, -0.05) is 24.3 Å². The average Bonchev–Trinajstić information content (AvgIpc) is 2.66. The van der Waals surface area contributed by atoms with E-state index in [1.165, 1.54) is 23.5 Å². The molecule has 4 rings (SSSR count). The molecule has 1 aromatic heterocycles. The number of hydrogen-bond acceptors (Lipinski definition) is 5. The normalized spacial score (nSPS) is 20.9. The summed E-state index contributed by atoms with van der Waals surface area (Å²) >= 11 is 6.17. The number of halogens is 1. The van der Waals surface area contributed by atoms with Crippen LogP contribution in [0.4, 0.5) is 5.69 Å². The number of aromatic nitrogens is 2. The molecule has 0 radical (unpaired) electrons. The smallest absolute Gasteiger partial charge is 0.280 e. The maximum atomic E-state index is 12.8. The number of nitrogens with zero attached hydrogens (tertiary/aromatic N) is 3. The Bertz CT molecular complexity index is 1070. The van der Waals surface area contributed by atoms with E-state index in [0.29, 0.717) is 16.5 Å². The van der Waals surface area contributed by atoms with Crippen LogP contribution in [0.5, 0.6) is 0 Å². The second kappa shape index (κ2) is 6.19. The molecule has 1 aliphatic rings. The summed E-state index contributed by atoms with van der Waals surface area (Å²) in [6, 6.07) is 12.3. The molecule has 2 aromatic carbocycles. The summed E-state index contributed by atoms with van der Waals surface area (Å²) in [5.74, 6) is -0.448. The molecule has 3 atom stereocenters. The Balaban J connectivity index is 1.81. The molecule has 2 N–H and O–H groups in total. The zero-order valence-electron chi connectivity index (χ0n) is 13.2. The topological polar surface area (TPSA) is 103 Å². The van der Waals surface area contributed by atoms with Crippen molar-refractivity contribution in [3.05, 3.63) is 76.0 Å². The molecule has 1 saturated heterocycles. The lowest BCUT2D eigenvalue weighted by atomic mass is 9.95. The van der Waals surface area contributed by atoms with Crippen molar-refractivity contribution in [1.29, 1.82) is 0 Å². The van der Waals surface area contributed by atoms with E-state index < -0.39 is 28.1 Å². The molecular weight excluding hydrogens is 360 g/mol. The highest BCUT2D eigenvalue weighted by Gasteiger charge is 2.49. The van der Waals surface area contributed by atoms with Gasteiger partial charge in [0.25, 0.3) is 11.5 Å². The van der Waals surface area contributed by atoms with E-state index >= 15 is 0 Å². The summed E-state index contributed by atoms with van der Waals surface area (Å²) in [6.07, 6.45) is 1.28. The highest BCUT2D eigenvalue weighted by Crippen LogP contribution is 2.37. The minimum Gasteiger partial charge on any atom is -0.595 e. The van der Waals surface area contributed by atoms with E-state index in [-0.39, 0.29) is 5.69 Å². The standard InChI is InChI=1S/C17H13ClN4O4/c18-14-15(10-4-3-5-11(8-10)22(25)26)21(17(14)24)20-9-19-13-7-2-1-6-12(13)16(20)23/h1-9,14-15,22,25H. The molecule has 9 heteroatoms. The molecule has 0 bridgehead atoms. The Kier molecular flexibility index (Phi) is 3.97. The van der Waals surface area contributed by atoms with Gasteiger partial charge in [-0.05, 0) is 17.7 Å². The molecular formula is C17H13ClN4O4. The number of rotatable bonds is 3. The predicted molar refractivity (Wildman–Crippen MR) is 93.8 cm³/mol. The first-order chi connectivity index (χ1) is 12.5. The largest absolute Gasteiger partial charge is 0.595 e. The van der Waals surface area contributed by atoms with Gasteiger partial charge in [-0.25, -0.2) is 19.9 Å². The van der Waals surface area contributed by atoms with Gasteiger partial charge in [0.05, 0.1) is 10.9 Å². The first-order valence-corrected chi connectivity index (χ1v) is 8.20. The van der Waals surface area contributed by atoms with E-state index in [1.54, 1.807) is 36.4 Å². The number of para-hydroxylation sites is 1. The van der Waals surface area contributed by atoms with Crippen molar-refractivity contribution >= 4 is 34.1 Å². The molecule has 132 valence electrons. The van der Waals surface area contributed by atoms with Crippen LogP contribution in [0.3, 0.4) is 0 Å². The first-order valence-electron chi connectivity index (χ1n) is 7.76. The lowest BCUT2D eigenvalue weighted by Crippen LogP contribution is -2.99. The first kappa shape index (κ1) is 16.7. The van der Waals surface area contributed by atoms with Crippen LogP contribution < -0.4 is 15.8 Å². The number of carbonyl (C=O) groups is 1. The summed E-state index contributed by atoms with van der Waals surface area (Å²) in [4.78, 5) is 29.3. The summed E-state index contributed by atoms with van der Waals surface area (Å²) in [7, 11) is 0. The predicted octanol–water partition coefficient (Wildman–Crippen LogP) is 0.627. The molecule has 8 nitrogen and oxygen atoms in total. The summed E-state index contributed by atoms with van der Waals surface area (Å²) in [5, 5.41) is 20.0. The van der Waals surface area contributed by atoms with E-state index in [1.807, 2.05) is 0 Å². The van der Waals surface area contributed by atoms with Crippen molar-refractivity contribution < 1.29 is 15.2 Å². The Hall–Kier alpha value is -2.78. The van der Waals surface area contributed by atoms with Crippen LogP contribution in [-0.2, 0) is 4.79 Å². The van der Waals surface area contributed by atoms with Crippen LogP contribution in [0, 0.1) is 5.21 Å². The van der Waals surface area contributed by atoms with Gasteiger partial charge in [0.1, 0.15) is 17.7 Å². The molecule has 0 saturated carbocycles. The van der Waals surface area contributed by atoms with Crippen LogP contribution >= 0.6 is 11.6 Å². The quantitative estimate of drug-likeness (QED) is 0.399. The molecule has 3 unspecified atom stereocenters. The highest BCUT2D eigenvalue weighted by molar-refractivity contribution is 6.36. The van der Waals surface area contributed by atoms with Crippen LogP contribution in [0.25, 0.3) is 10.9 Å². The monoisotopic (exact) mass is 372 g/mol. The van der Waals surface area contributed by atoms with Crippen molar-refractivity contribution in [3.63, 3.8) is 0 Å². The molecule has 0 spiro atoms. The molecule has 26 heavy (non-hydrogen) atoms. The zero-order valence-corrected chi connectivity index (χ0v) is 14.0. The Morgan fingerprint density at radius 2 is 1.92 bits per heavy atom. The third kappa shape index (κ3) is 2.47. The number of nitrogens with one attached hydrogen (secondary N) is 1. The van der Waals surface area contributed by atoms with Gasteiger partial charge in [-0.15, -0.1) is 11.6 Å². The van der Waals surface area contributed by atoms with E-state index in [2.05, 4.69) is 4.98 Å². The third-order valence-electron chi connectivity index (χ3n) is 4.36. The number of benzene rings is 2. The third-order valence-corrected chi connectivity index (χ3v) is 4.78. The number of alkyl halides is 1. The molecule has 2 heterocycles. The number of hydrogen-bond donors (Lipinski definition) is 2. The second-order valence-electron chi connectivity index (χ2n) is 5.87. The van der Waals surface area contributed by atoms with Crippen molar-refractivity contribution in [2.75, 3.05) is 5.01 Å². The maximum absolute atomic E-state index is 12.8.